The van der Waals surface area contributed by atoms with Crippen LogP contribution in [0.25, 0.3) is 0 Å². The lowest BCUT2D eigenvalue weighted by atomic mass is 9.99. The predicted molar refractivity (Wildman–Crippen MR) is 91.9 cm³/mol. The van der Waals surface area contributed by atoms with E-state index in [0.29, 0.717) is 6.54 Å². The maximum Gasteiger partial charge on any atom is 0.223 e. The van der Waals surface area contributed by atoms with Crippen LogP contribution in [-0.2, 0) is 27.6 Å². The van der Waals surface area contributed by atoms with Crippen LogP contribution >= 0.6 is 0 Å². The minimum absolute atomic E-state index is 0.107. The monoisotopic (exact) mass is 338 g/mol. The molecule has 0 unspecified atom stereocenters. The molecule has 23 heavy (non-hydrogen) atoms. The van der Waals surface area contributed by atoms with Crippen LogP contribution in [0.2, 0.25) is 0 Å². The Balaban J connectivity index is 1.84. The molecule has 1 aliphatic rings. The molecular formula is C17H26N2O3S. The van der Waals surface area contributed by atoms with Crippen LogP contribution in [0.1, 0.15) is 25.0 Å². The van der Waals surface area contributed by atoms with Crippen LogP contribution in [0.4, 0.5) is 0 Å². The van der Waals surface area contributed by atoms with Crippen molar-refractivity contribution in [1.82, 2.24) is 10.2 Å². The quantitative estimate of drug-likeness (QED) is 0.847. The van der Waals surface area contributed by atoms with Gasteiger partial charge in [-0.1, -0.05) is 31.2 Å². The molecule has 0 fully saturated rings. The lowest BCUT2D eigenvalue weighted by Gasteiger charge is -2.34. The maximum absolute atomic E-state index is 12.0. The van der Waals surface area contributed by atoms with Crippen LogP contribution in [0.5, 0.6) is 0 Å². The molecule has 0 aromatic heterocycles. The molecule has 1 aromatic rings. The molecule has 5 nitrogen and oxygen atoms in total. The summed E-state index contributed by atoms with van der Waals surface area (Å²) in [5, 5.41) is 2.88. The summed E-state index contributed by atoms with van der Waals surface area (Å²) >= 11 is 0. The highest BCUT2D eigenvalue weighted by molar-refractivity contribution is 7.90. The first-order chi connectivity index (χ1) is 10.8. The molecule has 1 amide bonds. The Bertz CT molecular complexity index is 658. The Morgan fingerprint density at radius 3 is 2.57 bits per heavy atom. The van der Waals surface area contributed by atoms with Crippen LogP contribution in [0.3, 0.4) is 0 Å². The molecule has 2 atom stereocenters. The van der Waals surface area contributed by atoms with E-state index in [1.54, 1.807) is 6.92 Å². The van der Waals surface area contributed by atoms with E-state index >= 15 is 0 Å². The highest BCUT2D eigenvalue weighted by atomic mass is 32.2. The number of fused-ring (bicyclic) bond motifs is 1. The van der Waals surface area contributed by atoms with E-state index in [0.717, 1.165) is 25.8 Å². The largest absolute Gasteiger partial charge is 0.354 e. The Hall–Kier alpha value is -1.40. The summed E-state index contributed by atoms with van der Waals surface area (Å²) in [6.07, 6.45) is 2.18. The van der Waals surface area contributed by atoms with Crippen molar-refractivity contribution < 1.29 is 13.2 Å². The van der Waals surface area contributed by atoms with Gasteiger partial charge >= 0.3 is 0 Å². The van der Waals surface area contributed by atoms with Gasteiger partial charge in [0, 0.05) is 37.8 Å². The lowest BCUT2D eigenvalue weighted by Crippen LogP contribution is -2.45. The molecule has 1 heterocycles. The van der Waals surface area contributed by atoms with Gasteiger partial charge in [-0.2, -0.15) is 0 Å². The van der Waals surface area contributed by atoms with Gasteiger partial charge in [-0.3, -0.25) is 9.69 Å². The fourth-order valence-electron chi connectivity index (χ4n) is 2.98. The number of carbonyl (C=O) groups excluding carboxylic acids is 1. The van der Waals surface area contributed by atoms with E-state index in [1.807, 2.05) is 0 Å². The van der Waals surface area contributed by atoms with E-state index in [4.69, 9.17) is 0 Å². The second-order valence-corrected chi connectivity index (χ2v) is 8.76. The van der Waals surface area contributed by atoms with Gasteiger partial charge in [0.2, 0.25) is 5.91 Å². The average Bonchev–Trinajstić information content (AvgIpc) is 2.50. The maximum atomic E-state index is 12.0. The van der Waals surface area contributed by atoms with Crippen molar-refractivity contribution in [3.05, 3.63) is 35.4 Å². The van der Waals surface area contributed by atoms with E-state index in [9.17, 15) is 13.2 Å². The van der Waals surface area contributed by atoms with Gasteiger partial charge in [0.25, 0.3) is 0 Å². The standard InChI is InChI=1S/C17H26N2O3S/c1-13(12-23(3,21)22)17(20)18-10-14(2)19-9-8-15-6-4-5-7-16(15)11-19/h4-7,13-14H,8-12H2,1-3H3,(H,18,20)/t13-,14-/m1/s1. The Morgan fingerprint density at radius 2 is 1.91 bits per heavy atom. The summed E-state index contributed by atoms with van der Waals surface area (Å²) in [5.41, 5.74) is 2.75. The summed E-state index contributed by atoms with van der Waals surface area (Å²) in [6.45, 7) is 6.15. The normalized spacial score (nSPS) is 18.0. The van der Waals surface area contributed by atoms with Crippen molar-refractivity contribution in [1.29, 1.82) is 0 Å². The lowest BCUT2D eigenvalue weighted by molar-refractivity contribution is -0.124. The van der Waals surface area contributed by atoms with Crippen molar-refractivity contribution in [3.63, 3.8) is 0 Å². The fourth-order valence-corrected chi connectivity index (χ4v) is 4.03. The molecular weight excluding hydrogens is 312 g/mol. The summed E-state index contributed by atoms with van der Waals surface area (Å²) in [7, 11) is -3.13. The van der Waals surface area contributed by atoms with Crippen molar-refractivity contribution in [2.45, 2.75) is 32.9 Å². The minimum atomic E-state index is -3.13. The molecule has 2 rings (SSSR count). The number of nitrogens with zero attached hydrogens (tertiary/aromatic N) is 1. The first-order valence-electron chi connectivity index (χ1n) is 8.02. The SMILES string of the molecule is C[C@H](CS(C)(=O)=O)C(=O)NC[C@@H](C)N1CCc2ccccc2C1. The third-order valence-electron chi connectivity index (χ3n) is 4.36. The van der Waals surface area contributed by atoms with Crippen molar-refractivity contribution in [2.24, 2.45) is 5.92 Å². The third kappa shape index (κ3) is 5.32. The number of rotatable bonds is 6. The Morgan fingerprint density at radius 1 is 1.26 bits per heavy atom. The highest BCUT2D eigenvalue weighted by Crippen LogP contribution is 2.19. The molecule has 0 saturated carbocycles. The molecule has 0 aliphatic carbocycles. The van der Waals surface area contributed by atoms with Gasteiger partial charge < -0.3 is 5.32 Å². The topological polar surface area (TPSA) is 66.5 Å². The first kappa shape index (κ1) is 17.9. The second kappa shape index (κ2) is 7.45. The van der Waals surface area contributed by atoms with Crippen molar-refractivity contribution >= 4 is 15.7 Å². The van der Waals surface area contributed by atoms with Crippen molar-refractivity contribution in [2.75, 3.05) is 25.1 Å². The molecule has 1 aromatic carbocycles. The van der Waals surface area contributed by atoms with E-state index < -0.39 is 15.8 Å². The Kier molecular flexibility index (Phi) is 5.81. The number of carbonyl (C=O) groups is 1. The van der Waals surface area contributed by atoms with E-state index in [-0.39, 0.29) is 17.7 Å². The zero-order valence-electron chi connectivity index (χ0n) is 14.1. The van der Waals surface area contributed by atoms with Gasteiger partial charge in [-0.25, -0.2) is 8.42 Å². The first-order valence-corrected chi connectivity index (χ1v) is 10.1. The molecule has 1 aliphatic heterocycles. The molecule has 0 saturated heterocycles. The van der Waals surface area contributed by atoms with Gasteiger partial charge in [0.15, 0.2) is 0 Å². The van der Waals surface area contributed by atoms with Crippen LogP contribution in [0.15, 0.2) is 24.3 Å². The number of sulfone groups is 1. The summed E-state index contributed by atoms with van der Waals surface area (Å²) in [6, 6.07) is 8.67. The molecule has 0 radical (unpaired) electrons. The fraction of sp³-hybridized carbons (Fsp3) is 0.588. The Labute approximate surface area is 139 Å². The summed E-state index contributed by atoms with van der Waals surface area (Å²) < 4.78 is 22.5. The molecule has 128 valence electrons. The van der Waals surface area contributed by atoms with E-state index in [1.165, 1.54) is 11.1 Å². The van der Waals surface area contributed by atoms with Crippen molar-refractivity contribution in [3.8, 4) is 0 Å². The van der Waals surface area contributed by atoms with Crippen LogP contribution < -0.4 is 5.32 Å². The van der Waals surface area contributed by atoms with Gasteiger partial charge in [-0.15, -0.1) is 0 Å². The average molecular weight is 338 g/mol. The number of nitrogens with one attached hydrogen (secondary N) is 1. The summed E-state index contributed by atoms with van der Waals surface area (Å²) in [4.78, 5) is 14.4. The number of hydrogen-bond acceptors (Lipinski definition) is 4. The number of hydrogen-bond donors (Lipinski definition) is 1. The van der Waals surface area contributed by atoms with Crippen LogP contribution in [-0.4, -0.2) is 50.4 Å². The minimum Gasteiger partial charge on any atom is -0.354 e. The van der Waals surface area contributed by atoms with Gasteiger partial charge in [-0.05, 0) is 24.5 Å². The highest BCUT2D eigenvalue weighted by Gasteiger charge is 2.22. The third-order valence-corrected chi connectivity index (χ3v) is 5.46. The molecule has 6 heteroatoms. The molecule has 1 N–H and O–H groups in total. The van der Waals surface area contributed by atoms with Crippen LogP contribution in [0, 0.1) is 5.92 Å². The number of amides is 1. The smallest absolute Gasteiger partial charge is 0.223 e. The second-order valence-electron chi connectivity index (χ2n) is 6.58. The zero-order chi connectivity index (χ0) is 17.0. The van der Waals surface area contributed by atoms with Gasteiger partial charge in [0.05, 0.1) is 5.75 Å². The van der Waals surface area contributed by atoms with Gasteiger partial charge in [0.1, 0.15) is 9.84 Å². The summed E-state index contributed by atoms with van der Waals surface area (Å²) in [5.74, 6) is -0.816. The molecule has 0 spiro atoms. The predicted octanol–water partition coefficient (Wildman–Crippen LogP) is 1.23. The zero-order valence-corrected chi connectivity index (χ0v) is 14.9. The number of benzene rings is 1. The molecule has 0 bridgehead atoms. The van der Waals surface area contributed by atoms with E-state index in [2.05, 4.69) is 41.4 Å².